The molecule has 11 nitrogen and oxygen atoms in total. The highest BCUT2D eigenvalue weighted by atomic mass is 31.2. The molecule has 0 spiro atoms. The number of nitrogens with zero attached hydrogens (tertiary/aromatic N) is 1. The summed E-state index contributed by atoms with van der Waals surface area (Å²) in [5, 5.41) is 0. The van der Waals surface area contributed by atoms with Gasteiger partial charge in [-0.2, -0.15) is 0 Å². The van der Waals surface area contributed by atoms with E-state index in [1.807, 2.05) is 21.1 Å². The lowest BCUT2D eigenvalue weighted by molar-refractivity contribution is -0.870. The molecule has 4 rings (SSSR count). The van der Waals surface area contributed by atoms with E-state index in [1.165, 1.54) is 82.6 Å². The third kappa shape index (κ3) is 22.7. The van der Waals surface area contributed by atoms with E-state index >= 15 is 0 Å². The van der Waals surface area contributed by atoms with Crippen LogP contribution in [0.3, 0.4) is 0 Å². The molecule has 0 aromatic rings. The maximum absolute atomic E-state index is 13.2. The van der Waals surface area contributed by atoms with Gasteiger partial charge in [-0.05, 0) is 135 Å². The monoisotopic (exact) mass is 1080 g/mol. The molecule has 12 heteroatoms. The van der Waals surface area contributed by atoms with Crippen LogP contribution in [0.25, 0.3) is 0 Å². The number of hydrogen-bond acceptors (Lipinski definition) is 10. The lowest BCUT2D eigenvalue weighted by atomic mass is 9.47. The second kappa shape index (κ2) is 33.6. The van der Waals surface area contributed by atoms with Gasteiger partial charge in [-0.1, -0.05) is 155 Å². The number of phosphoric acid groups is 1. The van der Waals surface area contributed by atoms with Gasteiger partial charge in [0.2, 0.25) is 0 Å². The van der Waals surface area contributed by atoms with Gasteiger partial charge in [0.15, 0.2) is 6.10 Å². The summed E-state index contributed by atoms with van der Waals surface area (Å²) in [5.41, 5.74) is 1.93. The molecule has 0 aromatic heterocycles. The first-order valence-corrected chi connectivity index (χ1v) is 32.0. The Morgan fingerprint density at radius 2 is 1.38 bits per heavy atom. The molecule has 0 amide bonds. The molecular weight excluding hydrogens is 974 g/mol. The van der Waals surface area contributed by atoms with Gasteiger partial charge in [-0.3, -0.25) is 18.9 Å². The van der Waals surface area contributed by atoms with Gasteiger partial charge in [-0.15, -0.1) is 0 Å². The molecule has 0 saturated heterocycles. The molecule has 11 atom stereocenters. The normalized spacial score (nSPS) is 26.1. The topological polar surface area (TPSA) is 137 Å². The fraction of sp³-hybridized carbons (Fsp3) is 0.828. The van der Waals surface area contributed by atoms with E-state index in [1.54, 1.807) is 0 Å². The van der Waals surface area contributed by atoms with Gasteiger partial charge in [0.1, 0.15) is 25.9 Å². The van der Waals surface area contributed by atoms with Crippen LogP contribution in [0.4, 0.5) is 0 Å². The maximum atomic E-state index is 13.2. The molecule has 3 fully saturated rings. The first-order chi connectivity index (χ1) is 36.2. The zero-order chi connectivity index (χ0) is 55.6. The fourth-order valence-electron chi connectivity index (χ4n) is 13.4. The van der Waals surface area contributed by atoms with Crippen molar-refractivity contribution in [3.63, 3.8) is 0 Å². The minimum atomic E-state index is -4.74. The molecular formula is C64H106NO10P. The summed E-state index contributed by atoms with van der Waals surface area (Å²) in [7, 11) is 0.987. The number of hydrogen-bond donors (Lipinski definition) is 0. The third-order valence-electron chi connectivity index (χ3n) is 18.1. The number of fused-ring (bicyclic) bond motifs is 5. The Hall–Kier alpha value is -2.92. The molecule has 76 heavy (non-hydrogen) atoms. The molecule has 0 aliphatic heterocycles. The van der Waals surface area contributed by atoms with E-state index in [0.29, 0.717) is 52.5 Å². The number of carbonyl (C=O) groups is 3. The summed E-state index contributed by atoms with van der Waals surface area (Å²) in [5.74, 6) is 15.4. The van der Waals surface area contributed by atoms with Gasteiger partial charge in [-0.25, -0.2) is 0 Å². The van der Waals surface area contributed by atoms with Gasteiger partial charge in [0.05, 0.1) is 40.6 Å². The Bertz CT molecular complexity index is 2000. The number of carbonyl (C=O) groups excluding carboxylic acids is 3. The van der Waals surface area contributed by atoms with Gasteiger partial charge in [0.25, 0.3) is 7.82 Å². The number of esters is 3. The summed E-state index contributed by atoms with van der Waals surface area (Å²) in [6.07, 6.45) is 33.6. The second-order valence-electron chi connectivity index (χ2n) is 25.2. The van der Waals surface area contributed by atoms with Crippen LogP contribution < -0.4 is 4.89 Å². The third-order valence-corrected chi connectivity index (χ3v) is 19.0. The predicted molar refractivity (Wildman–Crippen MR) is 304 cm³/mol. The lowest BCUT2D eigenvalue weighted by Crippen LogP contribution is -2.51. The quantitative estimate of drug-likeness (QED) is 0.0115. The number of phosphoric ester groups is 1. The molecule has 4 aliphatic rings. The highest BCUT2D eigenvalue weighted by molar-refractivity contribution is 7.45. The standard InChI is InChI=1S/C64H106NO10P/c1-11-13-14-15-16-17-18-19-20-21-22-23-24-25-26-27-28-29-30-31-32-61(67)75-55(49-73-76(69,70)72-46-45-65(8,9)10)48-71-60(66)39-40-62(68)74-54-41-43-63(6)53(47-54)35-36-56-58-38-37-57(64(58,7)44-42-59(56)63)51(5)33-34-52(12-2)50(3)4/h33-35,50-52,54-59H,11-20,25-32,36-49H2,1-10H3/b34-33+/t51?,52-,54+,55?,56+,57-,58+,59+,63+,64-/m1/s1. The van der Waals surface area contributed by atoms with Crippen LogP contribution >= 0.6 is 7.82 Å². The van der Waals surface area contributed by atoms with E-state index in [-0.39, 0.29) is 37.4 Å². The Labute approximate surface area is 463 Å². The molecule has 432 valence electrons. The summed E-state index contributed by atoms with van der Waals surface area (Å²) < 4.78 is 40.3. The van der Waals surface area contributed by atoms with Crippen LogP contribution in [0.15, 0.2) is 23.8 Å². The van der Waals surface area contributed by atoms with Crippen molar-refractivity contribution >= 4 is 25.7 Å². The van der Waals surface area contributed by atoms with Gasteiger partial charge < -0.3 is 32.6 Å². The van der Waals surface area contributed by atoms with E-state index in [9.17, 15) is 23.8 Å². The molecule has 0 heterocycles. The van der Waals surface area contributed by atoms with E-state index in [2.05, 4.69) is 90.4 Å². The zero-order valence-corrected chi connectivity index (χ0v) is 50.4. The van der Waals surface area contributed by atoms with Crippen LogP contribution in [0.1, 0.15) is 228 Å². The molecule has 3 saturated carbocycles. The molecule has 3 unspecified atom stereocenters. The second-order valence-corrected chi connectivity index (χ2v) is 26.6. The fourth-order valence-corrected chi connectivity index (χ4v) is 14.1. The number of ether oxygens (including phenoxy) is 3. The number of allylic oxidation sites excluding steroid dienone is 3. The first kappa shape index (κ1) is 65.6. The summed E-state index contributed by atoms with van der Waals surface area (Å²) in [6, 6.07) is 0. The maximum Gasteiger partial charge on any atom is 0.306 e. The Morgan fingerprint density at radius 1 is 0.750 bits per heavy atom. The largest absolute Gasteiger partial charge is 0.756 e. The molecule has 0 bridgehead atoms. The Morgan fingerprint density at radius 3 is 2.01 bits per heavy atom. The van der Waals surface area contributed by atoms with Crippen LogP contribution in [0, 0.1) is 75.9 Å². The van der Waals surface area contributed by atoms with Crippen molar-refractivity contribution in [3.05, 3.63) is 23.8 Å². The average Bonchev–Trinajstić information content (AvgIpc) is 3.73. The van der Waals surface area contributed by atoms with Crippen LogP contribution in [0.2, 0.25) is 0 Å². The van der Waals surface area contributed by atoms with Crippen LogP contribution in [-0.4, -0.2) is 82.1 Å². The molecule has 4 aliphatic carbocycles. The zero-order valence-electron chi connectivity index (χ0n) is 49.5. The molecule has 0 aromatic carbocycles. The molecule has 0 radical (unpaired) electrons. The van der Waals surface area contributed by atoms with Crippen molar-refractivity contribution in [3.8, 4) is 23.7 Å². The number of rotatable bonds is 35. The van der Waals surface area contributed by atoms with E-state index in [4.69, 9.17) is 23.3 Å². The van der Waals surface area contributed by atoms with Crippen molar-refractivity contribution in [2.75, 3.05) is 47.5 Å². The minimum Gasteiger partial charge on any atom is -0.756 e. The van der Waals surface area contributed by atoms with Crippen LogP contribution in [-0.2, 0) is 42.2 Å². The highest BCUT2D eigenvalue weighted by Crippen LogP contribution is 2.67. The minimum absolute atomic E-state index is 0.0866. The summed E-state index contributed by atoms with van der Waals surface area (Å²) >= 11 is 0. The van der Waals surface area contributed by atoms with E-state index < -0.39 is 45.0 Å². The first-order valence-electron chi connectivity index (χ1n) is 30.5. The van der Waals surface area contributed by atoms with Crippen LogP contribution in [0.5, 0.6) is 0 Å². The number of quaternary nitrogens is 1. The highest BCUT2D eigenvalue weighted by Gasteiger charge is 2.59. The predicted octanol–water partition coefficient (Wildman–Crippen LogP) is 14.5. The number of likely N-dealkylation sites (N-methyl/N-ethyl adjacent to an activating group) is 1. The van der Waals surface area contributed by atoms with Crippen molar-refractivity contribution in [2.24, 2.45) is 52.3 Å². The smallest absolute Gasteiger partial charge is 0.306 e. The SMILES string of the molecule is CCCCCCCCCCC#CC#CCCCCCCCCC(=O)OC(COC(=O)CCC(=O)O[C@H]1CC[C@@]2(C)C(=CC[C@H]3[C@@H]4CC[C@H](C(C)/C=C/[C@@H](CC)C(C)C)[C@@]4(C)CC[C@@H]32)C1)COP(=O)([O-])OCC[N+](C)(C)C. The van der Waals surface area contributed by atoms with E-state index in [0.717, 1.165) is 88.9 Å². The van der Waals surface area contributed by atoms with Crippen molar-refractivity contribution < 1.29 is 51.6 Å². The molecule has 0 N–H and O–H groups in total. The van der Waals surface area contributed by atoms with Crippen molar-refractivity contribution in [1.82, 2.24) is 0 Å². The Kier molecular flexibility index (Phi) is 29.0. The Balaban J connectivity index is 1.17. The number of unbranched alkanes of at least 4 members (excludes halogenated alkanes) is 14. The average molecular weight is 1080 g/mol. The lowest BCUT2D eigenvalue weighted by Gasteiger charge is -2.58. The summed E-state index contributed by atoms with van der Waals surface area (Å²) in [4.78, 5) is 51.7. The van der Waals surface area contributed by atoms with Crippen molar-refractivity contribution in [2.45, 2.75) is 240 Å². The summed E-state index contributed by atoms with van der Waals surface area (Å²) in [6.45, 7) is 16.1. The van der Waals surface area contributed by atoms with Gasteiger partial charge >= 0.3 is 17.9 Å². The van der Waals surface area contributed by atoms with Gasteiger partial charge in [0, 0.05) is 25.7 Å². The van der Waals surface area contributed by atoms with Crippen molar-refractivity contribution in [1.29, 1.82) is 0 Å².